The van der Waals surface area contributed by atoms with Crippen LogP contribution in [0.5, 0.6) is 0 Å². The van der Waals surface area contributed by atoms with Gasteiger partial charge in [-0.05, 0) is 56.6 Å². The molecule has 0 unspecified atom stereocenters. The minimum Gasteiger partial charge on any atom is -0.367 e. The van der Waals surface area contributed by atoms with Crippen LogP contribution in [0.3, 0.4) is 0 Å². The van der Waals surface area contributed by atoms with E-state index in [1.807, 2.05) is 30.1 Å². The molecule has 0 bridgehead atoms. The standard InChI is InChI=1S/C22H29N3O/c1-3-24(17-18-7-5-4-6-8-18)21-11-9-19(10-12-21)22(26)25-15-13-20(23-2)14-16-25/h4-12,20,23H,3,13-17H2,1-2H3. The first-order valence-corrected chi connectivity index (χ1v) is 9.56. The summed E-state index contributed by atoms with van der Waals surface area (Å²) in [6.45, 7) is 5.64. The molecule has 1 heterocycles. The van der Waals surface area contributed by atoms with Crippen LogP contribution in [-0.4, -0.2) is 43.5 Å². The number of benzene rings is 2. The summed E-state index contributed by atoms with van der Waals surface area (Å²) in [4.78, 5) is 17.0. The summed E-state index contributed by atoms with van der Waals surface area (Å²) in [7, 11) is 2.00. The highest BCUT2D eigenvalue weighted by Crippen LogP contribution is 2.20. The van der Waals surface area contributed by atoms with Gasteiger partial charge >= 0.3 is 0 Å². The number of carbonyl (C=O) groups is 1. The van der Waals surface area contributed by atoms with Gasteiger partial charge in [-0.15, -0.1) is 0 Å². The monoisotopic (exact) mass is 351 g/mol. The molecular formula is C22H29N3O. The molecule has 1 aliphatic heterocycles. The Morgan fingerprint density at radius 2 is 1.73 bits per heavy atom. The Balaban J connectivity index is 1.64. The minimum atomic E-state index is 0.150. The molecule has 1 amide bonds. The van der Waals surface area contributed by atoms with Gasteiger partial charge in [-0.25, -0.2) is 0 Å². The Morgan fingerprint density at radius 3 is 2.31 bits per heavy atom. The Morgan fingerprint density at radius 1 is 1.08 bits per heavy atom. The zero-order valence-corrected chi connectivity index (χ0v) is 15.8. The number of likely N-dealkylation sites (tertiary alicyclic amines) is 1. The molecule has 1 saturated heterocycles. The molecule has 2 aromatic rings. The van der Waals surface area contributed by atoms with Gasteiger partial charge in [0.25, 0.3) is 5.91 Å². The lowest BCUT2D eigenvalue weighted by molar-refractivity contribution is 0.0707. The number of nitrogens with one attached hydrogen (secondary N) is 1. The third kappa shape index (κ3) is 4.44. The second-order valence-corrected chi connectivity index (χ2v) is 6.90. The van der Waals surface area contributed by atoms with Crippen molar-refractivity contribution in [3.63, 3.8) is 0 Å². The van der Waals surface area contributed by atoms with E-state index in [9.17, 15) is 4.79 Å². The Hall–Kier alpha value is -2.33. The fourth-order valence-electron chi connectivity index (χ4n) is 3.56. The van der Waals surface area contributed by atoms with Crippen LogP contribution in [0, 0.1) is 0 Å². The number of carbonyl (C=O) groups excluding carboxylic acids is 1. The minimum absolute atomic E-state index is 0.150. The van der Waals surface area contributed by atoms with Crippen LogP contribution < -0.4 is 10.2 Å². The van der Waals surface area contributed by atoms with Gasteiger partial charge < -0.3 is 15.1 Å². The average molecular weight is 351 g/mol. The summed E-state index contributed by atoms with van der Waals surface area (Å²) >= 11 is 0. The van der Waals surface area contributed by atoms with Gasteiger partial charge in [0.1, 0.15) is 0 Å². The van der Waals surface area contributed by atoms with Crippen molar-refractivity contribution in [1.82, 2.24) is 10.2 Å². The van der Waals surface area contributed by atoms with E-state index in [1.54, 1.807) is 0 Å². The normalized spacial score (nSPS) is 15.1. The summed E-state index contributed by atoms with van der Waals surface area (Å²) in [5, 5.41) is 3.31. The molecule has 4 nitrogen and oxygen atoms in total. The van der Waals surface area contributed by atoms with Gasteiger partial charge in [0, 0.05) is 43.5 Å². The molecule has 0 spiro atoms. The van der Waals surface area contributed by atoms with E-state index in [0.717, 1.165) is 50.3 Å². The van der Waals surface area contributed by atoms with E-state index >= 15 is 0 Å². The fraction of sp³-hybridized carbons (Fsp3) is 0.409. The van der Waals surface area contributed by atoms with Crippen molar-refractivity contribution in [3.8, 4) is 0 Å². The molecule has 1 fully saturated rings. The second-order valence-electron chi connectivity index (χ2n) is 6.90. The number of piperidine rings is 1. The van der Waals surface area contributed by atoms with Crippen molar-refractivity contribution in [2.45, 2.75) is 32.4 Å². The van der Waals surface area contributed by atoms with Crippen LogP contribution >= 0.6 is 0 Å². The van der Waals surface area contributed by atoms with Gasteiger partial charge in [0.2, 0.25) is 0 Å². The fourth-order valence-corrected chi connectivity index (χ4v) is 3.56. The number of rotatable bonds is 6. The lowest BCUT2D eigenvalue weighted by Gasteiger charge is -2.32. The number of amides is 1. The summed E-state index contributed by atoms with van der Waals surface area (Å²) in [5.74, 6) is 0.150. The summed E-state index contributed by atoms with van der Waals surface area (Å²) < 4.78 is 0. The quantitative estimate of drug-likeness (QED) is 0.865. The third-order valence-corrected chi connectivity index (χ3v) is 5.27. The molecule has 1 aliphatic rings. The summed E-state index contributed by atoms with van der Waals surface area (Å²) in [5.41, 5.74) is 3.23. The van der Waals surface area contributed by atoms with Gasteiger partial charge in [0.05, 0.1) is 0 Å². The molecule has 1 N–H and O–H groups in total. The van der Waals surface area contributed by atoms with Gasteiger partial charge in [-0.2, -0.15) is 0 Å². The van der Waals surface area contributed by atoms with Crippen LogP contribution in [0.15, 0.2) is 54.6 Å². The van der Waals surface area contributed by atoms with Gasteiger partial charge in [0.15, 0.2) is 0 Å². The SMILES string of the molecule is CCN(Cc1ccccc1)c1ccc(C(=O)N2CCC(NC)CC2)cc1. The molecule has 0 radical (unpaired) electrons. The van der Waals surface area contributed by atoms with Crippen LogP contribution in [0.4, 0.5) is 5.69 Å². The highest BCUT2D eigenvalue weighted by molar-refractivity contribution is 5.94. The van der Waals surface area contributed by atoms with Crippen molar-refractivity contribution in [3.05, 3.63) is 65.7 Å². The van der Waals surface area contributed by atoms with E-state index in [4.69, 9.17) is 0 Å². The highest BCUT2D eigenvalue weighted by atomic mass is 16.2. The lowest BCUT2D eigenvalue weighted by atomic mass is 10.0. The molecule has 0 saturated carbocycles. The summed E-state index contributed by atoms with van der Waals surface area (Å²) in [6, 6.07) is 19.1. The molecule has 4 heteroatoms. The van der Waals surface area contributed by atoms with Crippen molar-refractivity contribution < 1.29 is 4.79 Å². The van der Waals surface area contributed by atoms with E-state index in [1.165, 1.54) is 5.56 Å². The first kappa shape index (κ1) is 18.5. The maximum atomic E-state index is 12.7. The van der Waals surface area contributed by atoms with Crippen LogP contribution in [0.1, 0.15) is 35.7 Å². The van der Waals surface area contributed by atoms with E-state index in [0.29, 0.717) is 6.04 Å². The van der Waals surface area contributed by atoms with Crippen LogP contribution in [-0.2, 0) is 6.54 Å². The maximum Gasteiger partial charge on any atom is 0.253 e. The molecule has 0 aromatic heterocycles. The van der Waals surface area contributed by atoms with E-state index in [2.05, 4.69) is 53.5 Å². The predicted octanol–water partition coefficient (Wildman–Crippen LogP) is 3.54. The zero-order valence-electron chi connectivity index (χ0n) is 15.8. The molecule has 138 valence electrons. The molecule has 2 aromatic carbocycles. The number of anilines is 1. The lowest BCUT2D eigenvalue weighted by Crippen LogP contribution is -2.43. The molecule has 26 heavy (non-hydrogen) atoms. The number of hydrogen-bond acceptors (Lipinski definition) is 3. The molecule has 0 atom stereocenters. The Bertz CT molecular complexity index is 691. The van der Waals surface area contributed by atoms with Crippen molar-refractivity contribution in [2.24, 2.45) is 0 Å². The first-order valence-electron chi connectivity index (χ1n) is 9.56. The Labute approximate surface area is 156 Å². The second kappa shape index (κ2) is 8.86. The molecule has 0 aliphatic carbocycles. The van der Waals surface area contributed by atoms with Crippen molar-refractivity contribution >= 4 is 11.6 Å². The predicted molar refractivity (Wildman–Crippen MR) is 108 cm³/mol. The smallest absolute Gasteiger partial charge is 0.253 e. The van der Waals surface area contributed by atoms with Crippen LogP contribution in [0.2, 0.25) is 0 Å². The highest BCUT2D eigenvalue weighted by Gasteiger charge is 2.22. The van der Waals surface area contributed by atoms with E-state index < -0.39 is 0 Å². The molecule has 3 rings (SSSR count). The zero-order chi connectivity index (χ0) is 18.4. The van der Waals surface area contributed by atoms with Gasteiger partial charge in [-0.3, -0.25) is 4.79 Å². The number of hydrogen-bond donors (Lipinski definition) is 1. The van der Waals surface area contributed by atoms with Crippen LogP contribution in [0.25, 0.3) is 0 Å². The third-order valence-electron chi connectivity index (χ3n) is 5.27. The van der Waals surface area contributed by atoms with Gasteiger partial charge in [-0.1, -0.05) is 30.3 Å². The molecular weight excluding hydrogens is 322 g/mol. The van der Waals surface area contributed by atoms with Crippen molar-refractivity contribution in [2.75, 3.05) is 31.6 Å². The average Bonchev–Trinajstić information content (AvgIpc) is 2.72. The number of nitrogens with zero attached hydrogens (tertiary/aromatic N) is 2. The maximum absolute atomic E-state index is 12.7. The Kier molecular flexibility index (Phi) is 6.29. The summed E-state index contributed by atoms with van der Waals surface area (Å²) in [6.07, 6.45) is 2.06. The van der Waals surface area contributed by atoms with Crippen molar-refractivity contribution in [1.29, 1.82) is 0 Å². The van der Waals surface area contributed by atoms with E-state index in [-0.39, 0.29) is 5.91 Å². The topological polar surface area (TPSA) is 35.6 Å². The largest absolute Gasteiger partial charge is 0.367 e. The first-order chi connectivity index (χ1) is 12.7.